The van der Waals surface area contributed by atoms with Crippen molar-refractivity contribution in [2.45, 2.75) is 144 Å². The van der Waals surface area contributed by atoms with Crippen LogP contribution in [0.5, 0.6) is 0 Å². The molecule has 47 heavy (non-hydrogen) atoms. The van der Waals surface area contributed by atoms with Crippen molar-refractivity contribution in [3.05, 3.63) is 0 Å². The third-order valence-corrected chi connectivity index (χ3v) is 8.45. The zero-order valence-corrected chi connectivity index (χ0v) is 26.7. The van der Waals surface area contributed by atoms with Gasteiger partial charge in [0.05, 0.1) is 44.7 Å². The number of halogens is 2. The first-order valence-electron chi connectivity index (χ1n) is 15.5. The van der Waals surface area contributed by atoms with Crippen molar-refractivity contribution in [1.29, 1.82) is 0 Å². The highest BCUT2D eigenvalue weighted by atomic mass is 19.3. The van der Waals surface area contributed by atoms with E-state index in [9.17, 15) is 54.7 Å². The Labute approximate surface area is 270 Å². The Morgan fingerprint density at radius 2 is 1.17 bits per heavy atom. The number of ether oxygens (including phenoxy) is 7. The van der Waals surface area contributed by atoms with Crippen LogP contribution < -0.4 is 5.73 Å². The molecule has 11 N–H and O–H groups in total. The second kappa shape index (κ2) is 16.9. The molecule has 0 aromatic rings. The van der Waals surface area contributed by atoms with E-state index < -0.39 is 149 Å². The highest BCUT2D eigenvalue weighted by Gasteiger charge is 2.56. The molecule has 3 aliphatic rings. The van der Waals surface area contributed by atoms with Crippen LogP contribution in [-0.2, 0) is 33.2 Å². The van der Waals surface area contributed by atoms with Crippen molar-refractivity contribution in [3.63, 3.8) is 0 Å². The number of hydrogen-bond acceptors (Lipinski definition) is 17. The molecule has 0 aliphatic carbocycles. The number of nitrogens with two attached hydrogens (primary N) is 1. The van der Waals surface area contributed by atoms with E-state index in [4.69, 9.17) is 38.9 Å². The Hall–Kier alpha value is -0.820. The standard InChI is InChI=1S/C28H51F2NO16/c1-11(2)42-21-17(37)14(9-34)44-25(20(21)40)47-23-19(39)16(36)13(8-33)45-26(23)46-22-18(38)15(35)12(7-32)43-24(22)27(3,4)41-6-5-28(29,30)10-31/h11-26,32-40H,5-10,31H2,1-4H3/t12?,13?,14?,15-,16+,17+,18?,19?,20?,21?,22?,23?,24-,25-,26+/m0/s1. The van der Waals surface area contributed by atoms with Gasteiger partial charge in [-0.05, 0) is 27.7 Å². The molecule has 3 saturated heterocycles. The van der Waals surface area contributed by atoms with E-state index in [2.05, 4.69) is 0 Å². The first kappa shape index (κ1) is 40.6. The van der Waals surface area contributed by atoms with Gasteiger partial charge in [0.15, 0.2) is 12.6 Å². The molecule has 0 aromatic carbocycles. The molecular formula is C28H51F2NO16. The van der Waals surface area contributed by atoms with Crippen molar-refractivity contribution < 1.29 is 87.9 Å². The maximum absolute atomic E-state index is 13.8. The second-order valence-electron chi connectivity index (χ2n) is 12.8. The summed E-state index contributed by atoms with van der Waals surface area (Å²) in [6.07, 6.45) is -25.7. The van der Waals surface area contributed by atoms with Gasteiger partial charge in [0.25, 0.3) is 5.92 Å². The number of aliphatic hydroxyl groups is 9. The third kappa shape index (κ3) is 9.50. The monoisotopic (exact) mass is 695 g/mol. The average Bonchev–Trinajstić information content (AvgIpc) is 3.01. The summed E-state index contributed by atoms with van der Waals surface area (Å²) >= 11 is 0. The number of hydrogen-bond donors (Lipinski definition) is 10. The lowest BCUT2D eigenvalue weighted by Gasteiger charge is -2.51. The highest BCUT2D eigenvalue weighted by Crippen LogP contribution is 2.37. The normalized spacial score (nSPS) is 42.2. The minimum atomic E-state index is -3.24. The SMILES string of the molecule is CC(C)OC1C(O)[C@H](OC2C(O)[C@H](O)C(CO)O[C@@H]2OC2C(O)[C@@H](O)C(CO)O[C@@H]2C(C)(C)OCCC(F)(F)CN)OC(CO)[C@H]1O. The Morgan fingerprint density at radius 3 is 1.70 bits per heavy atom. The van der Waals surface area contributed by atoms with Gasteiger partial charge < -0.3 is 84.9 Å². The first-order valence-corrected chi connectivity index (χ1v) is 15.5. The van der Waals surface area contributed by atoms with Crippen molar-refractivity contribution in [1.82, 2.24) is 0 Å². The molecule has 19 heteroatoms. The first-order chi connectivity index (χ1) is 21.9. The van der Waals surface area contributed by atoms with Crippen LogP contribution in [0.4, 0.5) is 8.78 Å². The summed E-state index contributed by atoms with van der Waals surface area (Å²) in [5.41, 5.74) is 3.54. The lowest BCUT2D eigenvalue weighted by atomic mass is 9.86. The summed E-state index contributed by atoms with van der Waals surface area (Å²) in [5, 5.41) is 94.6. The molecule has 15 atom stereocenters. The van der Waals surface area contributed by atoms with Gasteiger partial charge >= 0.3 is 0 Å². The summed E-state index contributed by atoms with van der Waals surface area (Å²) in [5.74, 6) is -3.24. The molecule has 0 aromatic heterocycles. The molecule has 278 valence electrons. The van der Waals surface area contributed by atoms with Crippen LogP contribution in [0.2, 0.25) is 0 Å². The Bertz CT molecular complexity index is 954. The topological polar surface area (TPSA) is 273 Å². The van der Waals surface area contributed by atoms with E-state index in [-0.39, 0.29) is 0 Å². The van der Waals surface area contributed by atoms with Gasteiger partial charge in [-0.25, -0.2) is 8.78 Å². The summed E-state index contributed by atoms with van der Waals surface area (Å²) in [4.78, 5) is 0. The van der Waals surface area contributed by atoms with Crippen LogP contribution in [0.25, 0.3) is 0 Å². The van der Waals surface area contributed by atoms with Crippen LogP contribution in [0.15, 0.2) is 0 Å². The Kier molecular flexibility index (Phi) is 14.6. The van der Waals surface area contributed by atoms with Crippen molar-refractivity contribution in [2.75, 3.05) is 33.0 Å². The van der Waals surface area contributed by atoms with E-state index >= 15 is 0 Å². The summed E-state index contributed by atoms with van der Waals surface area (Å²) in [6, 6.07) is 0. The van der Waals surface area contributed by atoms with Crippen LogP contribution >= 0.6 is 0 Å². The van der Waals surface area contributed by atoms with Crippen LogP contribution in [0, 0.1) is 0 Å². The van der Waals surface area contributed by atoms with Gasteiger partial charge in [-0.2, -0.15) is 0 Å². The van der Waals surface area contributed by atoms with Gasteiger partial charge in [0.2, 0.25) is 0 Å². The maximum Gasteiger partial charge on any atom is 0.262 e. The quantitative estimate of drug-likeness (QED) is 0.0776. The van der Waals surface area contributed by atoms with E-state index in [0.29, 0.717) is 0 Å². The fraction of sp³-hybridized carbons (Fsp3) is 1.00. The van der Waals surface area contributed by atoms with E-state index in [1.165, 1.54) is 13.8 Å². The van der Waals surface area contributed by atoms with Gasteiger partial charge in [0.1, 0.15) is 79.4 Å². The Morgan fingerprint density at radius 1 is 0.681 bits per heavy atom. The lowest BCUT2D eigenvalue weighted by molar-refractivity contribution is -0.388. The fourth-order valence-electron chi connectivity index (χ4n) is 5.71. The molecule has 3 aliphatic heterocycles. The van der Waals surface area contributed by atoms with Gasteiger partial charge in [-0.3, -0.25) is 0 Å². The van der Waals surface area contributed by atoms with Crippen LogP contribution in [0.1, 0.15) is 34.1 Å². The van der Waals surface area contributed by atoms with Crippen molar-refractivity contribution >= 4 is 0 Å². The molecule has 0 amide bonds. The predicted molar refractivity (Wildman–Crippen MR) is 152 cm³/mol. The number of rotatable bonds is 15. The minimum Gasteiger partial charge on any atom is -0.394 e. The number of aliphatic hydroxyl groups excluding tert-OH is 9. The van der Waals surface area contributed by atoms with Gasteiger partial charge in [-0.15, -0.1) is 0 Å². The molecule has 3 heterocycles. The largest absolute Gasteiger partial charge is 0.394 e. The number of alkyl halides is 2. The highest BCUT2D eigenvalue weighted by molar-refractivity contribution is 5.01. The van der Waals surface area contributed by atoms with Gasteiger partial charge in [-0.1, -0.05) is 0 Å². The summed E-state index contributed by atoms with van der Waals surface area (Å²) in [7, 11) is 0. The van der Waals surface area contributed by atoms with Crippen LogP contribution in [0.3, 0.4) is 0 Å². The van der Waals surface area contributed by atoms with E-state index in [1.807, 2.05) is 0 Å². The molecule has 0 radical (unpaired) electrons. The molecule has 17 nitrogen and oxygen atoms in total. The van der Waals surface area contributed by atoms with Crippen LogP contribution in [-0.4, -0.2) is 188 Å². The molecule has 3 rings (SSSR count). The van der Waals surface area contributed by atoms with Crippen molar-refractivity contribution in [3.8, 4) is 0 Å². The molecule has 0 spiro atoms. The summed E-state index contributed by atoms with van der Waals surface area (Å²) in [6.45, 7) is 2.32. The average molecular weight is 696 g/mol. The molecule has 0 bridgehead atoms. The molecule has 3 fully saturated rings. The Balaban J connectivity index is 1.94. The zero-order chi connectivity index (χ0) is 35.4. The van der Waals surface area contributed by atoms with Gasteiger partial charge in [0, 0.05) is 6.42 Å². The maximum atomic E-state index is 13.8. The van der Waals surface area contributed by atoms with Crippen molar-refractivity contribution in [2.24, 2.45) is 5.73 Å². The molecule has 9 unspecified atom stereocenters. The second-order valence-corrected chi connectivity index (χ2v) is 12.8. The van der Waals surface area contributed by atoms with E-state index in [1.54, 1.807) is 13.8 Å². The predicted octanol–water partition coefficient (Wildman–Crippen LogP) is -4.31. The zero-order valence-electron chi connectivity index (χ0n) is 26.7. The lowest BCUT2D eigenvalue weighted by Crippen LogP contribution is -2.69. The van der Waals surface area contributed by atoms with E-state index in [0.717, 1.165) is 0 Å². The smallest absolute Gasteiger partial charge is 0.262 e. The third-order valence-electron chi connectivity index (χ3n) is 8.45. The molecular weight excluding hydrogens is 644 g/mol. The molecule has 0 saturated carbocycles. The summed E-state index contributed by atoms with van der Waals surface area (Å²) < 4.78 is 67.8. The minimum absolute atomic E-state index is 0.500. The fourth-order valence-corrected chi connectivity index (χ4v) is 5.71.